The first-order chi connectivity index (χ1) is 6.50. The van der Waals surface area contributed by atoms with Crippen LogP contribution in [0.1, 0.15) is 31.2 Å². The minimum Gasteiger partial charge on any atom is -0.207 e. The SMILES string of the molecule is CC1(C)CC1C(Cl)c1ccc(F)cc1. The van der Waals surface area contributed by atoms with Crippen molar-refractivity contribution in [2.75, 3.05) is 0 Å². The van der Waals surface area contributed by atoms with Crippen molar-refractivity contribution >= 4 is 11.6 Å². The van der Waals surface area contributed by atoms with Crippen molar-refractivity contribution in [2.45, 2.75) is 25.6 Å². The molecule has 76 valence electrons. The van der Waals surface area contributed by atoms with Crippen LogP contribution in [0.3, 0.4) is 0 Å². The zero-order chi connectivity index (χ0) is 10.3. The van der Waals surface area contributed by atoms with Gasteiger partial charge >= 0.3 is 0 Å². The molecule has 0 amide bonds. The summed E-state index contributed by atoms with van der Waals surface area (Å²) in [5.74, 6) is 0.335. The van der Waals surface area contributed by atoms with Gasteiger partial charge in [-0.05, 0) is 35.4 Å². The Labute approximate surface area is 89.1 Å². The highest BCUT2D eigenvalue weighted by molar-refractivity contribution is 6.21. The predicted molar refractivity (Wildman–Crippen MR) is 56.9 cm³/mol. The van der Waals surface area contributed by atoms with Crippen LogP contribution in [-0.4, -0.2) is 0 Å². The lowest BCUT2D eigenvalue weighted by Gasteiger charge is -2.11. The fraction of sp³-hybridized carbons (Fsp3) is 0.500. The highest BCUT2D eigenvalue weighted by Gasteiger charge is 2.49. The smallest absolute Gasteiger partial charge is 0.123 e. The molecule has 2 rings (SSSR count). The summed E-state index contributed by atoms with van der Waals surface area (Å²) < 4.78 is 12.7. The summed E-state index contributed by atoms with van der Waals surface area (Å²) in [5.41, 5.74) is 1.39. The van der Waals surface area contributed by atoms with Gasteiger partial charge < -0.3 is 0 Å². The van der Waals surface area contributed by atoms with Crippen molar-refractivity contribution in [3.63, 3.8) is 0 Å². The Morgan fingerprint density at radius 2 is 1.86 bits per heavy atom. The van der Waals surface area contributed by atoms with Crippen molar-refractivity contribution in [1.82, 2.24) is 0 Å². The second-order valence-corrected chi connectivity index (χ2v) is 5.22. The monoisotopic (exact) mass is 212 g/mol. The van der Waals surface area contributed by atoms with E-state index in [-0.39, 0.29) is 11.2 Å². The Bertz CT molecular complexity index is 329. The van der Waals surface area contributed by atoms with Crippen LogP contribution in [0.25, 0.3) is 0 Å². The minimum absolute atomic E-state index is 0.0330. The molecule has 1 fully saturated rings. The number of rotatable bonds is 2. The molecular weight excluding hydrogens is 199 g/mol. The predicted octanol–water partition coefficient (Wildman–Crippen LogP) is 4.15. The number of alkyl halides is 1. The van der Waals surface area contributed by atoms with Gasteiger partial charge in [0.2, 0.25) is 0 Å². The van der Waals surface area contributed by atoms with Gasteiger partial charge in [-0.15, -0.1) is 11.6 Å². The van der Waals surface area contributed by atoms with Crippen molar-refractivity contribution in [3.8, 4) is 0 Å². The second-order valence-electron chi connectivity index (χ2n) is 4.75. The summed E-state index contributed by atoms with van der Waals surface area (Å²) in [7, 11) is 0. The average Bonchev–Trinajstić information content (AvgIpc) is 2.75. The Morgan fingerprint density at radius 1 is 1.36 bits per heavy atom. The molecule has 1 aromatic rings. The Kier molecular flexibility index (Phi) is 2.30. The zero-order valence-electron chi connectivity index (χ0n) is 8.43. The topological polar surface area (TPSA) is 0 Å². The zero-order valence-corrected chi connectivity index (χ0v) is 9.18. The van der Waals surface area contributed by atoms with E-state index in [2.05, 4.69) is 13.8 Å². The number of hydrogen-bond donors (Lipinski definition) is 0. The molecule has 1 aliphatic carbocycles. The number of hydrogen-bond acceptors (Lipinski definition) is 0. The molecule has 1 aromatic carbocycles. The van der Waals surface area contributed by atoms with Gasteiger partial charge in [0.15, 0.2) is 0 Å². The largest absolute Gasteiger partial charge is 0.207 e. The van der Waals surface area contributed by atoms with Crippen molar-refractivity contribution < 1.29 is 4.39 Å². The lowest BCUT2D eigenvalue weighted by molar-refractivity contribution is 0.547. The van der Waals surface area contributed by atoms with E-state index in [4.69, 9.17) is 11.6 Å². The van der Waals surface area contributed by atoms with Crippen LogP contribution >= 0.6 is 11.6 Å². The third-order valence-corrected chi connectivity index (χ3v) is 3.69. The van der Waals surface area contributed by atoms with E-state index in [0.29, 0.717) is 11.3 Å². The van der Waals surface area contributed by atoms with E-state index in [1.165, 1.54) is 18.6 Å². The molecule has 0 aromatic heterocycles. The van der Waals surface area contributed by atoms with Gasteiger partial charge in [-0.3, -0.25) is 0 Å². The average molecular weight is 213 g/mol. The van der Waals surface area contributed by atoms with Crippen LogP contribution < -0.4 is 0 Å². The van der Waals surface area contributed by atoms with E-state index in [0.717, 1.165) is 5.56 Å². The maximum atomic E-state index is 12.7. The molecule has 0 N–H and O–H groups in total. The Hall–Kier alpha value is -0.560. The molecule has 0 spiro atoms. The molecule has 0 saturated heterocycles. The molecule has 0 bridgehead atoms. The summed E-state index contributed by atoms with van der Waals surface area (Å²) >= 11 is 6.32. The fourth-order valence-corrected chi connectivity index (χ4v) is 2.46. The summed E-state index contributed by atoms with van der Waals surface area (Å²) in [4.78, 5) is 0. The summed E-state index contributed by atoms with van der Waals surface area (Å²) in [6.07, 6.45) is 1.17. The fourth-order valence-electron chi connectivity index (χ4n) is 1.89. The molecule has 2 atom stereocenters. The summed E-state index contributed by atoms with van der Waals surface area (Å²) in [6, 6.07) is 6.50. The third-order valence-electron chi connectivity index (χ3n) is 3.13. The van der Waals surface area contributed by atoms with Gasteiger partial charge in [-0.2, -0.15) is 0 Å². The number of halogens is 2. The van der Waals surface area contributed by atoms with Gasteiger partial charge in [-0.25, -0.2) is 4.39 Å². The van der Waals surface area contributed by atoms with Gasteiger partial charge in [0.05, 0.1) is 5.38 Å². The van der Waals surface area contributed by atoms with E-state index in [9.17, 15) is 4.39 Å². The second kappa shape index (κ2) is 3.23. The van der Waals surface area contributed by atoms with Crippen LogP contribution in [0, 0.1) is 17.2 Å². The molecule has 0 nitrogen and oxygen atoms in total. The van der Waals surface area contributed by atoms with E-state index < -0.39 is 0 Å². The van der Waals surface area contributed by atoms with Crippen LogP contribution in [0.15, 0.2) is 24.3 Å². The van der Waals surface area contributed by atoms with Gasteiger partial charge in [0.25, 0.3) is 0 Å². The summed E-state index contributed by atoms with van der Waals surface area (Å²) in [5, 5.41) is 0.0330. The molecule has 0 heterocycles. The quantitative estimate of drug-likeness (QED) is 0.646. The summed E-state index contributed by atoms with van der Waals surface area (Å²) in [6.45, 7) is 4.44. The lowest BCUT2D eigenvalue weighted by atomic mass is 10.0. The van der Waals surface area contributed by atoms with Gasteiger partial charge in [0.1, 0.15) is 5.82 Å². The molecule has 0 aliphatic heterocycles. The lowest BCUT2D eigenvalue weighted by Crippen LogP contribution is -1.99. The van der Waals surface area contributed by atoms with Crippen LogP contribution in [0.5, 0.6) is 0 Å². The highest BCUT2D eigenvalue weighted by Crippen LogP contribution is 2.59. The van der Waals surface area contributed by atoms with E-state index >= 15 is 0 Å². The minimum atomic E-state index is -0.201. The first kappa shape index (κ1) is 9.97. The molecule has 2 unspecified atom stereocenters. The number of benzene rings is 1. The standard InChI is InChI=1S/C12H14ClF/c1-12(2)7-10(12)11(13)8-3-5-9(14)6-4-8/h3-6,10-11H,7H2,1-2H3. The van der Waals surface area contributed by atoms with Crippen LogP contribution in [-0.2, 0) is 0 Å². The molecule has 1 aliphatic rings. The van der Waals surface area contributed by atoms with E-state index in [1.807, 2.05) is 0 Å². The van der Waals surface area contributed by atoms with Crippen molar-refractivity contribution in [3.05, 3.63) is 35.6 Å². The van der Waals surface area contributed by atoms with Crippen LogP contribution in [0.4, 0.5) is 4.39 Å². The molecular formula is C12H14ClF. The third kappa shape index (κ3) is 1.78. The van der Waals surface area contributed by atoms with Crippen molar-refractivity contribution in [2.24, 2.45) is 11.3 Å². The van der Waals surface area contributed by atoms with Gasteiger partial charge in [0, 0.05) is 0 Å². The molecule has 14 heavy (non-hydrogen) atoms. The first-order valence-corrected chi connectivity index (χ1v) is 5.34. The van der Waals surface area contributed by atoms with E-state index in [1.54, 1.807) is 12.1 Å². The Morgan fingerprint density at radius 3 is 2.29 bits per heavy atom. The maximum absolute atomic E-state index is 12.7. The van der Waals surface area contributed by atoms with Gasteiger partial charge in [-0.1, -0.05) is 26.0 Å². The molecule has 2 heteroatoms. The van der Waals surface area contributed by atoms with Crippen molar-refractivity contribution in [1.29, 1.82) is 0 Å². The normalized spacial score (nSPS) is 25.9. The molecule has 0 radical (unpaired) electrons. The molecule has 1 saturated carbocycles. The first-order valence-electron chi connectivity index (χ1n) is 4.90. The van der Waals surface area contributed by atoms with Crippen LogP contribution in [0.2, 0.25) is 0 Å². The highest BCUT2D eigenvalue weighted by atomic mass is 35.5. The maximum Gasteiger partial charge on any atom is 0.123 e. The Balaban J connectivity index is 2.13.